The van der Waals surface area contributed by atoms with Crippen molar-refractivity contribution >= 4 is 11.9 Å². The first-order valence-corrected chi connectivity index (χ1v) is 13.4. The van der Waals surface area contributed by atoms with Gasteiger partial charge in [0.2, 0.25) is 0 Å². The van der Waals surface area contributed by atoms with Crippen LogP contribution in [0.4, 0.5) is 0 Å². The summed E-state index contributed by atoms with van der Waals surface area (Å²) < 4.78 is 10.1. The molecule has 1 aromatic rings. The first-order chi connectivity index (χ1) is 16.6. The SMILES string of the molecule is CC(=O)OC(C)C.CCCCCC(C)CCC1C2Cc3cccc(OCC(=O)O)c3CC2C[C@H]1O. The number of benzene rings is 1. The molecule has 6 heteroatoms. The molecule has 35 heavy (non-hydrogen) atoms. The lowest BCUT2D eigenvalue weighted by atomic mass is 9.73. The molecular formula is C29H46O6. The fourth-order valence-electron chi connectivity index (χ4n) is 5.77. The highest BCUT2D eigenvalue weighted by atomic mass is 16.5. The van der Waals surface area contributed by atoms with E-state index in [1.165, 1.54) is 44.6 Å². The monoisotopic (exact) mass is 490 g/mol. The summed E-state index contributed by atoms with van der Waals surface area (Å²) in [5.41, 5.74) is 2.44. The number of aliphatic hydroxyl groups excluding tert-OH is 1. The third-order valence-electron chi connectivity index (χ3n) is 7.39. The molecule has 2 aliphatic carbocycles. The van der Waals surface area contributed by atoms with Crippen LogP contribution in [-0.4, -0.2) is 41.0 Å². The van der Waals surface area contributed by atoms with Gasteiger partial charge < -0.3 is 19.7 Å². The largest absolute Gasteiger partial charge is 0.482 e. The van der Waals surface area contributed by atoms with Gasteiger partial charge in [-0.25, -0.2) is 4.79 Å². The van der Waals surface area contributed by atoms with E-state index in [9.17, 15) is 14.7 Å². The Morgan fingerprint density at radius 1 is 1.11 bits per heavy atom. The molecule has 0 radical (unpaired) electrons. The number of unbranched alkanes of at least 4 members (excludes halogenated alkanes) is 2. The summed E-state index contributed by atoms with van der Waals surface area (Å²) in [6.45, 7) is 9.35. The van der Waals surface area contributed by atoms with Gasteiger partial charge in [0.05, 0.1) is 12.2 Å². The van der Waals surface area contributed by atoms with Crippen LogP contribution < -0.4 is 4.74 Å². The molecule has 0 amide bonds. The number of aliphatic hydroxyl groups is 1. The Morgan fingerprint density at radius 2 is 1.86 bits per heavy atom. The van der Waals surface area contributed by atoms with E-state index in [0.717, 1.165) is 37.2 Å². The Balaban J connectivity index is 0.000000540. The van der Waals surface area contributed by atoms with Crippen molar-refractivity contribution in [3.8, 4) is 5.75 Å². The Morgan fingerprint density at radius 3 is 2.46 bits per heavy atom. The second-order valence-corrected chi connectivity index (χ2v) is 10.7. The van der Waals surface area contributed by atoms with Gasteiger partial charge >= 0.3 is 11.9 Å². The van der Waals surface area contributed by atoms with Gasteiger partial charge in [0, 0.05) is 6.92 Å². The molecule has 2 aliphatic rings. The summed E-state index contributed by atoms with van der Waals surface area (Å²) in [5.74, 6) is 1.71. The van der Waals surface area contributed by atoms with Crippen molar-refractivity contribution in [3.63, 3.8) is 0 Å². The van der Waals surface area contributed by atoms with Crippen molar-refractivity contribution < 1.29 is 29.3 Å². The number of esters is 1. The third-order valence-corrected chi connectivity index (χ3v) is 7.39. The van der Waals surface area contributed by atoms with Gasteiger partial charge in [-0.15, -0.1) is 0 Å². The molecule has 0 aliphatic heterocycles. The standard InChI is InChI=1S/C24H36O4.C5H10O2/c1-3-4-5-7-16(2)10-11-19-20-12-17-8-6-9-23(28-15-24(26)27)21(17)13-18(20)14-22(19)25;1-4(2)7-5(3)6/h6,8-9,16,18-20,22,25H,3-5,7,10-15H2,1-2H3,(H,26,27);4H,1-3H3/t16?,18?,19?,20?,22-;/m1./s1. The third kappa shape index (κ3) is 9.47. The normalized spacial score (nSPS) is 23.5. The predicted molar refractivity (Wildman–Crippen MR) is 138 cm³/mol. The minimum Gasteiger partial charge on any atom is -0.482 e. The van der Waals surface area contributed by atoms with Gasteiger partial charge in [0.25, 0.3) is 0 Å². The average Bonchev–Trinajstić information content (AvgIpc) is 3.08. The maximum Gasteiger partial charge on any atom is 0.341 e. The van der Waals surface area contributed by atoms with Crippen molar-refractivity contribution in [2.75, 3.05) is 6.61 Å². The number of fused-ring (bicyclic) bond motifs is 2. The number of carbonyl (C=O) groups is 2. The Hall–Kier alpha value is -2.08. The molecule has 5 atom stereocenters. The van der Waals surface area contributed by atoms with Crippen molar-refractivity contribution in [1.29, 1.82) is 0 Å². The minimum absolute atomic E-state index is 0.0255. The number of carboxylic acid groups (broad SMARTS) is 1. The summed E-state index contributed by atoms with van der Waals surface area (Å²) in [7, 11) is 0. The number of aliphatic carboxylic acids is 1. The van der Waals surface area contributed by atoms with E-state index in [1.807, 2.05) is 26.0 Å². The lowest BCUT2D eigenvalue weighted by Crippen LogP contribution is -2.27. The molecule has 3 rings (SSSR count). The summed E-state index contributed by atoms with van der Waals surface area (Å²) in [4.78, 5) is 20.9. The maximum absolute atomic E-state index is 10.9. The van der Waals surface area contributed by atoms with Gasteiger partial charge in [0.1, 0.15) is 5.75 Å². The number of hydrogen-bond acceptors (Lipinski definition) is 5. The number of ether oxygens (including phenoxy) is 2. The summed E-state index contributed by atoms with van der Waals surface area (Å²) in [6, 6.07) is 5.99. The van der Waals surface area contributed by atoms with Gasteiger partial charge in [-0.05, 0) is 80.4 Å². The van der Waals surface area contributed by atoms with Crippen molar-refractivity contribution in [1.82, 2.24) is 0 Å². The van der Waals surface area contributed by atoms with E-state index in [1.54, 1.807) is 0 Å². The molecule has 0 saturated heterocycles. The van der Waals surface area contributed by atoms with E-state index in [4.69, 9.17) is 9.84 Å². The Bertz CT molecular complexity index is 804. The molecule has 0 bridgehead atoms. The first-order valence-electron chi connectivity index (χ1n) is 13.4. The summed E-state index contributed by atoms with van der Waals surface area (Å²) in [5, 5.41) is 19.7. The summed E-state index contributed by atoms with van der Waals surface area (Å²) >= 11 is 0. The fourth-order valence-corrected chi connectivity index (χ4v) is 5.77. The van der Waals surface area contributed by atoms with Crippen LogP contribution in [-0.2, 0) is 27.2 Å². The average molecular weight is 491 g/mol. The van der Waals surface area contributed by atoms with Gasteiger partial charge in [-0.2, -0.15) is 0 Å². The quantitative estimate of drug-likeness (QED) is 0.300. The van der Waals surface area contributed by atoms with Crippen LogP contribution in [0.15, 0.2) is 18.2 Å². The molecule has 4 unspecified atom stereocenters. The zero-order valence-corrected chi connectivity index (χ0v) is 22.3. The van der Waals surface area contributed by atoms with Gasteiger partial charge in [0.15, 0.2) is 6.61 Å². The molecular weight excluding hydrogens is 444 g/mol. The fraction of sp³-hybridized carbons (Fsp3) is 0.724. The van der Waals surface area contributed by atoms with Crippen LogP contribution >= 0.6 is 0 Å². The van der Waals surface area contributed by atoms with Crippen molar-refractivity contribution in [2.45, 2.75) is 105 Å². The molecule has 1 fully saturated rings. The van der Waals surface area contributed by atoms with Crippen LogP contribution in [0.2, 0.25) is 0 Å². The second-order valence-electron chi connectivity index (χ2n) is 10.7. The number of carboxylic acids is 1. The van der Waals surface area contributed by atoms with Crippen LogP contribution in [0.3, 0.4) is 0 Å². The summed E-state index contributed by atoms with van der Waals surface area (Å²) in [6.07, 6.45) is 10.1. The Kier molecular flexibility index (Phi) is 12.1. The zero-order chi connectivity index (χ0) is 26.0. The molecule has 1 saturated carbocycles. The van der Waals surface area contributed by atoms with Crippen molar-refractivity contribution in [2.24, 2.45) is 23.7 Å². The highest BCUT2D eigenvalue weighted by Crippen LogP contribution is 2.48. The molecule has 1 aromatic carbocycles. The maximum atomic E-state index is 10.9. The smallest absolute Gasteiger partial charge is 0.341 e. The number of hydrogen-bond donors (Lipinski definition) is 2. The van der Waals surface area contributed by atoms with Crippen LogP contribution in [0.1, 0.15) is 90.7 Å². The highest BCUT2D eigenvalue weighted by molar-refractivity contribution is 5.68. The van der Waals surface area contributed by atoms with Crippen LogP contribution in [0.5, 0.6) is 5.75 Å². The van der Waals surface area contributed by atoms with Crippen molar-refractivity contribution in [3.05, 3.63) is 29.3 Å². The zero-order valence-electron chi connectivity index (χ0n) is 22.3. The van der Waals surface area contributed by atoms with E-state index >= 15 is 0 Å². The molecule has 0 heterocycles. The first kappa shape index (κ1) is 29.2. The molecule has 0 aromatic heterocycles. The molecule has 2 N–H and O–H groups in total. The second kappa shape index (κ2) is 14.5. The van der Waals surface area contributed by atoms with Crippen LogP contribution in [0, 0.1) is 23.7 Å². The van der Waals surface area contributed by atoms with Crippen LogP contribution in [0.25, 0.3) is 0 Å². The van der Waals surface area contributed by atoms with E-state index in [2.05, 4.69) is 24.7 Å². The van der Waals surface area contributed by atoms with Gasteiger partial charge in [-0.1, -0.05) is 58.1 Å². The molecule has 0 spiro atoms. The molecule has 6 nitrogen and oxygen atoms in total. The van der Waals surface area contributed by atoms with E-state index in [0.29, 0.717) is 23.5 Å². The topological polar surface area (TPSA) is 93.1 Å². The lowest BCUT2D eigenvalue weighted by molar-refractivity contribution is -0.144. The number of rotatable bonds is 11. The Labute approximate surface area is 211 Å². The molecule has 198 valence electrons. The highest BCUT2D eigenvalue weighted by Gasteiger charge is 2.44. The van der Waals surface area contributed by atoms with E-state index in [-0.39, 0.29) is 24.8 Å². The minimum atomic E-state index is -0.948. The lowest BCUT2D eigenvalue weighted by Gasteiger charge is -2.32. The van der Waals surface area contributed by atoms with E-state index < -0.39 is 5.97 Å². The predicted octanol–water partition coefficient (Wildman–Crippen LogP) is 5.82. The number of carbonyl (C=O) groups excluding carboxylic acids is 1. The van der Waals surface area contributed by atoms with Gasteiger partial charge in [-0.3, -0.25) is 4.79 Å².